The summed E-state index contributed by atoms with van der Waals surface area (Å²) in [5.41, 5.74) is -0.235. The number of anilines is 1. The molecule has 1 aliphatic rings. The number of benzene rings is 1. The van der Waals surface area contributed by atoms with Gasteiger partial charge in [-0.05, 0) is 30.9 Å². The third-order valence-corrected chi connectivity index (χ3v) is 4.69. The van der Waals surface area contributed by atoms with Crippen molar-refractivity contribution in [3.8, 4) is 0 Å². The van der Waals surface area contributed by atoms with Gasteiger partial charge in [0.1, 0.15) is 10.8 Å². The van der Waals surface area contributed by atoms with Gasteiger partial charge >= 0.3 is 6.03 Å². The highest BCUT2D eigenvalue weighted by atomic mass is 32.1. The Hall–Kier alpha value is -2.06. The first kappa shape index (κ1) is 15.8. The van der Waals surface area contributed by atoms with Crippen molar-refractivity contribution in [2.24, 2.45) is 0 Å². The summed E-state index contributed by atoms with van der Waals surface area (Å²) in [6.07, 6.45) is 2.72. The lowest BCUT2D eigenvalue weighted by molar-refractivity contribution is -0.0287. The molecule has 1 aromatic carbocycles. The molecular formula is C15H17FN4O2S. The van der Waals surface area contributed by atoms with Crippen LogP contribution in [0.1, 0.15) is 29.8 Å². The topological polar surface area (TPSA) is 87.1 Å². The number of urea groups is 1. The van der Waals surface area contributed by atoms with Crippen molar-refractivity contribution in [2.45, 2.75) is 31.3 Å². The van der Waals surface area contributed by atoms with E-state index in [-0.39, 0.29) is 12.4 Å². The summed E-state index contributed by atoms with van der Waals surface area (Å²) in [6, 6.07) is 6.05. The van der Waals surface area contributed by atoms with E-state index in [9.17, 15) is 14.3 Å². The van der Waals surface area contributed by atoms with Gasteiger partial charge in [-0.2, -0.15) is 0 Å². The molecule has 1 heterocycles. The zero-order valence-electron chi connectivity index (χ0n) is 12.4. The second-order valence-electron chi connectivity index (χ2n) is 5.65. The minimum absolute atomic E-state index is 0.222. The quantitative estimate of drug-likeness (QED) is 0.782. The highest BCUT2D eigenvalue weighted by Crippen LogP contribution is 2.30. The summed E-state index contributed by atoms with van der Waals surface area (Å²) in [5.74, 6) is -0.288. The third kappa shape index (κ3) is 4.02. The maximum atomic E-state index is 13.6. The van der Waals surface area contributed by atoms with Crippen LogP contribution in [0.4, 0.5) is 14.3 Å². The molecular weight excluding hydrogens is 319 g/mol. The molecule has 0 aliphatic heterocycles. The minimum Gasteiger partial charge on any atom is -0.388 e. The molecule has 122 valence electrons. The van der Waals surface area contributed by atoms with Gasteiger partial charge in [0.2, 0.25) is 5.13 Å². The van der Waals surface area contributed by atoms with Crippen LogP contribution in [0.15, 0.2) is 24.3 Å². The maximum Gasteiger partial charge on any atom is 0.321 e. The second kappa shape index (κ2) is 6.59. The van der Waals surface area contributed by atoms with Crippen molar-refractivity contribution in [1.29, 1.82) is 0 Å². The van der Waals surface area contributed by atoms with Crippen LogP contribution in [0, 0.1) is 5.82 Å². The Kier molecular flexibility index (Phi) is 4.53. The largest absolute Gasteiger partial charge is 0.388 e. The number of hydrogen-bond donors (Lipinski definition) is 3. The molecule has 0 unspecified atom stereocenters. The van der Waals surface area contributed by atoms with E-state index in [0.29, 0.717) is 35.0 Å². The molecule has 3 N–H and O–H groups in total. The van der Waals surface area contributed by atoms with E-state index in [2.05, 4.69) is 20.8 Å². The molecule has 8 heteroatoms. The van der Waals surface area contributed by atoms with Gasteiger partial charge in [-0.25, -0.2) is 9.18 Å². The molecule has 0 radical (unpaired) electrons. The van der Waals surface area contributed by atoms with Crippen LogP contribution in [0.2, 0.25) is 0 Å². The van der Waals surface area contributed by atoms with Gasteiger partial charge in [0.05, 0.1) is 5.60 Å². The minimum atomic E-state index is -0.769. The number of amides is 2. The van der Waals surface area contributed by atoms with Gasteiger partial charge in [-0.15, -0.1) is 10.2 Å². The number of carbonyl (C=O) groups is 1. The predicted molar refractivity (Wildman–Crippen MR) is 84.9 cm³/mol. The van der Waals surface area contributed by atoms with Gasteiger partial charge in [0, 0.05) is 13.0 Å². The van der Waals surface area contributed by atoms with Gasteiger partial charge in [-0.3, -0.25) is 5.32 Å². The first-order chi connectivity index (χ1) is 11.0. The van der Waals surface area contributed by atoms with Crippen LogP contribution in [-0.4, -0.2) is 33.5 Å². The van der Waals surface area contributed by atoms with Crippen LogP contribution >= 0.6 is 11.3 Å². The molecule has 1 aromatic heterocycles. The molecule has 2 aromatic rings. The first-order valence-corrected chi connectivity index (χ1v) is 8.19. The molecule has 1 aliphatic carbocycles. The summed E-state index contributed by atoms with van der Waals surface area (Å²) in [6.45, 7) is 0.222. The van der Waals surface area contributed by atoms with Gasteiger partial charge < -0.3 is 10.4 Å². The van der Waals surface area contributed by atoms with E-state index in [4.69, 9.17) is 0 Å². The number of halogens is 1. The lowest BCUT2D eigenvalue weighted by atomic mass is 9.80. The van der Waals surface area contributed by atoms with Gasteiger partial charge in [0.15, 0.2) is 0 Å². The fourth-order valence-electron chi connectivity index (χ4n) is 2.33. The Bertz CT molecular complexity index is 702. The molecule has 3 rings (SSSR count). The lowest BCUT2D eigenvalue weighted by Gasteiger charge is -2.36. The van der Waals surface area contributed by atoms with Crippen LogP contribution in [0.25, 0.3) is 0 Å². The predicted octanol–water partition coefficient (Wildman–Crippen LogP) is 2.30. The summed E-state index contributed by atoms with van der Waals surface area (Å²) in [5, 5.41) is 23.9. The number of rotatable bonds is 5. The van der Waals surface area contributed by atoms with E-state index in [1.807, 2.05) is 0 Å². The monoisotopic (exact) mass is 336 g/mol. The summed E-state index contributed by atoms with van der Waals surface area (Å²) < 4.78 is 13.6. The van der Waals surface area contributed by atoms with Crippen molar-refractivity contribution in [3.63, 3.8) is 0 Å². The van der Waals surface area contributed by atoms with Gasteiger partial charge in [0.25, 0.3) is 0 Å². The average Bonchev–Trinajstić information content (AvgIpc) is 2.93. The van der Waals surface area contributed by atoms with E-state index >= 15 is 0 Å². The van der Waals surface area contributed by atoms with E-state index in [0.717, 1.165) is 6.42 Å². The summed E-state index contributed by atoms with van der Waals surface area (Å²) in [4.78, 5) is 11.8. The summed E-state index contributed by atoms with van der Waals surface area (Å²) in [7, 11) is 0. The molecule has 0 bridgehead atoms. The smallest absolute Gasteiger partial charge is 0.321 e. The maximum absolute atomic E-state index is 13.6. The van der Waals surface area contributed by atoms with E-state index < -0.39 is 11.6 Å². The van der Waals surface area contributed by atoms with Crippen molar-refractivity contribution in [3.05, 3.63) is 40.7 Å². The number of nitrogens with zero attached hydrogens (tertiary/aromatic N) is 2. The van der Waals surface area contributed by atoms with Crippen molar-refractivity contribution in [1.82, 2.24) is 15.5 Å². The average molecular weight is 336 g/mol. The standard InChI is InChI=1S/C15H17FN4O2S/c16-11-5-2-1-4-10(11)8-12-19-20-14(23-12)18-13(21)17-9-15(22)6-3-7-15/h1-2,4-5,22H,3,6-9H2,(H2,17,18,20,21). The van der Waals surface area contributed by atoms with Crippen molar-refractivity contribution in [2.75, 3.05) is 11.9 Å². The summed E-state index contributed by atoms with van der Waals surface area (Å²) >= 11 is 1.19. The number of nitrogens with one attached hydrogen (secondary N) is 2. The third-order valence-electron chi connectivity index (χ3n) is 3.85. The molecule has 0 saturated heterocycles. The fourth-order valence-corrected chi connectivity index (χ4v) is 3.09. The van der Waals surface area contributed by atoms with Crippen LogP contribution < -0.4 is 10.6 Å². The zero-order chi connectivity index (χ0) is 16.3. The molecule has 0 spiro atoms. The highest BCUT2D eigenvalue weighted by molar-refractivity contribution is 7.15. The molecule has 1 fully saturated rings. The number of hydrogen-bond acceptors (Lipinski definition) is 5. The molecule has 0 atom stereocenters. The number of carbonyl (C=O) groups excluding carboxylic acids is 1. The molecule has 6 nitrogen and oxygen atoms in total. The Morgan fingerprint density at radius 1 is 1.35 bits per heavy atom. The highest BCUT2D eigenvalue weighted by Gasteiger charge is 2.34. The Balaban J connectivity index is 1.52. The number of aliphatic hydroxyl groups is 1. The first-order valence-electron chi connectivity index (χ1n) is 7.37. The Morgan fingerprint density at radius 2 is 2.13 bits per heavy atom. The van der Waals surface area contributed by atoms with Crippen LogP contribution in [-0.2, 0) is 6.42 Å². The molecule has 2 amide bonds. The molecule has 1 saturated carbocycles. The SMILES string of the molecule is O=C(NCC1(O)CCC1)Nc1nnc(Cc2ccccc2F)s1. The van der Waals surface area contributed by atoms with Crippen LogP contribution in [0.3, 0.4) is 0 Å². The second-order valence-corrected chi connectivity index (χ2v) is 6.72. The fraction of sp³-hybridized carbons (Fsp3) is 0.400. The van der Waals surface area contributed by atoms with E-state index in [1.165, 1.54) is 17.4 Å². The lowest BCUT2D eigenvalue weighted by Crippen LogP contribution is -2.48. The van der Waals surface area contributed by atoms with Crippen LogP contribution in [0.5, 0.6) is 0 Å². The Labute approximate surface area is 136 Å². The van der Waals surface area contributed by atoms with Crippen molar-refractivity contribution >= 4 is 22.5 Å². The zero-order valence-corrected chi connectivity index (χ0v) is 13.2. The van der Waals surface area contributed by atoms with Crippen molar-refractivity contribution < 1.29 is 14.3 Å². The van der Waals surface area contributed by atoms with Gasteiger partial charge in [-0.1, -0.05) is 29.5 Å². The number of aromatic nitrogens is 2. The van der Waals surface area contributed by atoms with E-state index in [1.54, 1.807) is 18.2 Å². The molecule has 23 heavy (non-hydrogen) atoms. The Morgan fingerprint density at radius 3 is 2.83 bits per heavy atom. The normalized spacial score (nSPS) is 15.7.